The third-order valence-corrected chi connectivity index (χ3v) is 5.27. The number of ether oxygens (including phenoxy) is 1. The minimum Gasteiger partial charge on any atom is -0.379 e. The Labute approximate surface area is 147 Å². The topological polar surface area (TPSA) is 54.5 Å². The molecule has 0 saturated carbocycles. The highest BCUT2D eigenvalue weighted by atomic mass is 79.9. The number of nitrogens with one attached hydrogen (secondary N) is 1. The van der Waals surface area contributed by atoms with Crippen LogP contribution >= 0.6 is 27.3 Å². The molecular weight excluding hydrogens is 378 g/mol. The van der Waals surface area contributed by atoms with Gasteiger partial charge in [-0.1, -0.05) is 30.3 Å². The molecule has 3 rings (SSSR count). The van der Waals surface area contributed by atoms with Crippen LogP contribution in [-0.4, -0.2) is 48.6 Å². The molecule has 0 spiro atoms. The number of halogens is 1. The molecule has 23 heavy (non-hydrogen) atoms. The Kier molecular flexibility index (Phi) is 5.77. The van der Waals surface area contributed by atoms with Crippen molar-refractivity contribution in [2.45, 2.75) is 6.04 Å². The summed E-state index contributed by atoms with van der Waals surface area (Å²) in [5.41, 5.74) is 1.20. The van der Waals surface area contributed by atoms with Gasteiger partial charge in [0.15, 0.2) is 5.01 Å². The highest BCUT2D eigenvalue weighted by molar-refractivity contribution is 9.11. The molecule has 1 amide bonds. The van der Waals surface area contributed by atoms with Crippen LogP contribution in [0, 0.1) is 0 Å². The van der Waals surface area contributed by atoms with Gasteiger partial charge in [0.1, 0.15) is 0 Å². The van der Waals surface area contributed by atoms with Gasteiger partial charge in [0.25, 0.3) is 5.91 Å². The fraction of sp³-hybridized carbons (Fsp3) is 0.375. The Hall–Kier alpha value is -1.28. The highest BCUT2D eigenvalue weighted by Gasteiger charge is 2.23. The second-order valence-electron chi connectivity index (χ2n) is 5.25. The van der Waals surface area contributed by atoms with Crippen molar-refractivity contribution in [2.75, 3.05) is 32.8 Å². The SMILES string of the molecule is O=C(NC[C@H](c1ccccc1)N1CCOCC1)c1ncc(Br)s1. The minimum absolute atomic E-state index is 0.130. The zero-order valence-electron chi connectivity index (χ0n) is 12.6. The highest BCUT2D eigenvalue weighted by Crippen LogP contribution is 2.22. The van der Waals surface area contributed by atoms with Crippen LogP contribution in [0.1, 0.15) is 21.4 Å². The van der Waals surface area contributed by atoms with Crippen LogP contribution in [-0.2, 0) is 4.74 Å². The molecule has 0 unspecified atom stereocenters. The van der Waals surface area contributed by atoms with Crippen LogP contribution in [0.2, 0.25) is 0 Å². The van der Waals surface area contributed by atoms with E-state index >= 15 is 0 Å². The van der Waals surface area contributed by atoms with Crippen LogP contribution in [0.25, 0.3) is 0 Å². The first kappa shape index (κ1) is 16.6. The smallest absolute Gasteiger partial charge is 0.280 e. The van der Waals surface area contributed by atoms with Crippen molar-refractivity contribution < 1.29 is 9.53 Å². The first-order valence-electron chi connectivity index (χ1n) is 7.50. The van der Waals surface area contributed by atoms with E-state index in [2.05, 4.69) is 43.3 Å². The van der Waals surface area contributed by atoms with Crippen molar-refractivity contribution in [1.29, 1.82) is 0 Å². The number of morpholine rings is 1. The van der Waals surface area contributed by atoms with Gasteiger partial charge in [-0.05, 0) is 21.5 Å². The van der Waals surface area contributed by atoms with Gasteiger partial charge in [-0.2, -0.15) is 0 Å². The Morgan fingerprint density at radius 1 is 1.35 bits per heavy atom. The number of hydrogen-bond donors (Lipinski definition) is 1. The standard InChI is InChI=1S/C16H18BrN3O2S/c17-14-11-19-16(23-14)15(21)18-10-13(12-4-2-1-3-5-12)20-6-8-22-9-7-20/h1-5,11,13H,6-10H2,(H,18,21)/t13-/m1/s1. The fourth-order valence-electron chi connectivity index (χ4n) is 2.65. The summed E-state index contributed by atoms with van der Waals surface area (Å²) in [7, 11) is 0. The summed E-state index contributed by atoms with van der Waals surface area (Å²) in [6.45, 7) is 3.77. The van der Waals surface area contributed by atoms with Gasteiger partial charge < -0.3 is 10.1 Å². The van der Waals surface area contributed by atoms with Crippen molar-refractivity contribution in [1.82, 2.24) is 15.2 Å². The zero-order valence-corrected chi connectivity index (χ0v) is 15.0. The third kappa shape index (κ3) is 4.38. The molecule has 1 aromatic carbocycles. The second-order valence-corrected chi connectivity index (χ2v) is 7.66. The van der Waals surface area contributed by atoms with Gasteiger partial charge >= 0.3 is 0 Å². The number of hydrogen-bond acceptors (Lipinski definition) is 5. The van der Waals surface area contributed by atoms with Crippen LogP contribution < -0.4 is 5.32 Å². The van der Waals surface area contributed by atoms with Crippen LogP contribution in [0.4, 0.5) is 0 Å². The Morgan fingerprint density at radius 2 is 2.09 bits per heavy atom. The van der Waals surface area contributed by atoms with Gasteiger partial charge in [0, 0.05) is 19.6 Å². The first-order chi connectivity index (χ1) is 11.2. The average Bonchev–Trinajstić information content (AvgIpc) is 3.03. The van der Waals surface area contributed by atoms with Crippen molar-refractivity contribution in [3.8, 4) is 0 Å². The fourth-order valence-corrected chi connectivity index (χ4v) is 3.77. The number of rotatable bonds is 5. The summed E-state index contributed by atoms with van der Waals surface area (Å²) in [5.74, 6) is -0.130. The quantitative estimate of drug-likeness (QED) is 0.845. The van der Waals surface area contributed by atoms with E-state index in [1.807, 2.05) is 18.2 Å². The number of benzene rings is 1. The maximum absolute atomic E-state index is 12.2. The molecule has 0 radical (unpaired) electrons. The van der Waals surface area contributed by atoms with Gasteiger partial charge in [0.2, 0.25) is 0 Å². The molecule has 2 aromatic rings. The van der Waals surface area contributed by atoms with E-state index in [4.69, 9.17) is 4.74 Å². The molecule has 1 aliphatic rings. The first-order valence-corrected chi connectivity index (χ1v) is 9.11. The van der Waals surface area contributed by atoms with Gasteiger partial charge in [0.05, 0.1) is 29.2 Å². The normalized spacial score (nSPS) is 16.9. The van der Waals surface area contributed by atoms with E-state index in [9.17, 15) is 4.79 Å². The molecule has 1 fully saturated rings. The number of carbonyl (C=O) groups is 1. The summed E-state index contributed by atoms with van der Waals surface area (Å²) in [5, 5.41) is 3.49. The van der Waals surface area contributed by atoms with Crippen LogP contribution in [0.3, 0.4) is 0 Å². The van der Waals surface area contributed by atoms with Gasteiger partial charge in [-0.3, -0.25) is 9.69 Å². The van der Waals surface area contributed by atoms with E-state index in [1.165, 1.54) is 16.9 Å². The molecule has 122 valence electrons. The molecule has 1 N–H and O–H groups in total. The van der Waals surface area contributed by atoms with E-state index in [0.717, 1.165) is 30.1 Å². The predicted molar refractivity (Wildman–Crippen MR) is 93.7 cm³/mol. The van der Waals surface area contributed by atoms with E-state index in [1.54, 1.807) is 6.20 Å². The number of aromatic nitrogens is 1. The maximum atomic E-state index is 12.2. The third-order valence-electron chi connectivity index (χ3n) is 3.80. The summed E-state index contributed by atoms with van der Waals surface area (Å²) in [4.78, 5) is 18.7. The van der Waals surface area contributed by atoms with Crippen molar-refractivity contribution in [3.05, 3.63) is 50.9 Å². The molecule has 1 aliphatic heterocycles. The summed E-state index contributed by atoms with van der Waals surface area (Å²) in [6.07, 6.45) is 1.65. The second kappa shape index (κ2) is 8.01. The number of amides is 1. The van der Waals surface area contributed by atoms with Crippen LogP contribution in [0.5, 0.6) is 0 Å². The predicted octanol–water partition coefficient (Wildman–Crippen LogP) is 2.71. The molecule has 1 aromatic heterocycles. The molecular formula is C16H18BrN3O2S. The monoisotopic (exact) mass is 395 g/mol. The van der Waals surface area contributed by atoms with Gasteiger partial charge in [-0.15, -0.1) is 11.3 Å². The number of nitrogens with zero attached hydrogens (tertiary/aromatic N) is 2. The largest absolute Gasteiger partial charge is 0.379 e. The molecule has 1 saturated heterocycles. The van der Waals surface area contributed by atoms with E-state index < -0.39 is 0 Å². The summed E-state index contributed by atoms with van der Waals surface area (Å²) >= 11 is 4.67. The molecule has 0 aliphatic carbocycles. The lowest BCUT2D eigenvalue weighted by Crippen LogP contribution is -2.43. The zero-order chi connectivity index (χ0) is 16.1. The lowest BCUT2D eigenvalue weighted by Gasteiger charge is -2.34. The van der Waals surface area contributed by atoms with Crippen molar-refractivity contribution in [2.24, 2.45) is 0 Å². The molecule has 7 heteroatoms. The van der Waals surface area contributed by atoms with Crippen molar-refractivity contribution in [3.63, 3.8) is 0 Å². The molecule has 0 bridgehead atoms. The van der Waals surface area contributed by atoms with Crippen molar-refractivity contribution >= 4 is 33.2 Å². The summed E-state index contributed by atoms with van der Waals surface area (Å²) in [6, 6.07) is 10.4. The van der Waals surface area contributed by atoms with Crippen LogP contribution in [0.15, 0.2) is 40.3 Å². The van der Waals surface area contributed by atoms with E-state index in [0.29, 0.717) is 11.6 Å². The molecule has 2 heterocycles. The Balaban J connectivity index is 1.69. The Bertz CT molecular complexity index is 644. The molecule has 1 atom stereocenters. The maximum Gasteiger partial charge on any atom is 0.280 e. The molecule has 5 nitrogen and oxygen atoms in total. The number of thiazole rings is 1. The van der Waals surface area contributed by atoms with Gasteiger partial charge in [-0.25, -0.2) is 4.98 Å². The number of carbonyl (C=O) groups excluding carboxylic acids is 1. The van der Waals surface area contributed by atoms with E-state index in [-0.39, 0.29) is 11.9 Å². The average molecular weight is 396 g/mol. The Morgan fingerprint density at radius 3 is 2.74 bits per heavy atom. The lowest BCUT2D eigenvalue weighted by molar-refractivity contribution is 0.0162. The minimum atomic E-state index is -0.130. The lowest BCUT2D eigenvalue weighted by atomic mass is 10.0. The summed E-state index contributed by atoms with van der Waals surface area (Å²) < 4.78 is 6.30.